The molecule has 7 heteroatoms. The van der Waals surface area contributed by atoms with Crippen molar-refractivity contribution in [3.8, 4) is 0 Å². The Hall–Kier alpha value is -1.79. The summed E-state index contributed by atoms with van der Waals surface area (Å²) in [5, 5.41) is 0. The fourth-order valence-electron chi connectivity index (χ4n) is 1.16. The Bertz CT molecular complexity index is 289. The minimum Gasteiger partial charge on any atom is -0.469 e. The molecule has 0 aromatic heterocycles. The first-order valence-corrected chi connectivity index (χ1v) is 4.21. The van der Waals surface area contributed by atoms with Gasteiger partial charge in [0, 0.05) is 0 Å². The van der Waals surface area contributed by atoms with Gasteiger partial charge in [-0.05, 0) is 0 Å². The largest absolute Gasteiger partial charge is 0.469 e. The van der Waals surface area contributed by atoms with Gasteiger partial charge in [0.15, 0.2) is 0 Å². The van der Waals surface area contributed by atoms with E-state index in [2.05, 4.69) is 9.47 Å². The van der Waals surface area contributed by atoms with E-state index in [4.69, 9.17) is 4.74 Å². The third-order valence-corrected chi connectivity index (χ3v) is 1.89. The summed E-state index contributed by atoms with van der Waals surface area (Å²) >= 11 is 0. The summed E-state index contributed by atoms with van der Waals surface area (Å²) in [5.41, 5.74) is 0. The summed E-state index contributed by atoms with van der Waals surface area (Å²) in [7, 11) is 2.39. The van der Waals surface area contributed by atoms with Gasteiger partial charge < -0.3 is 14.2 Å². The van der Waals surface area contributed by atoms with Crippen molar-refractivity contribution in [2.45, 2.75) is 12.5 Å². The number of imide groups is 1. The summed E-state index contributed by atoms with van der Waals surface area (Å²) in [6, 6.07) is 0. The molecule has 7 nitrogen and oxygen atoms in total. The Balaban J connectivity index is 2.52. The molecule has 1 aliphatic rings. The predicted octanol–water partition coefficient (Wildman–Crippen LogP) is 0.137. The topological polar surface area (TPSA) is 82.1 Å². The predicted molar refractivity (Wildman–Crippen MR) is 46.0 cm³/mol. The van der Waals surface area contributed by atoms with Crippen molar-refractivity contribution in [3.05, 3.63) is 0 Å². The van der Waals surface area contributed by atoms with Crippen molar-refractivity contribution in [3.63, 3.8) is 0 Å². The molecule has 1 aliphatic heterocycles. The molecular weight excluding hydrogens is 206 g/mol. The van der Waals surface area contributed by atoms with Crippen LogP contribution in [0.15, 0.2) is 0 Å². The molecule has 0 aromatic rings. The third kappa shape index (κ3) is 2.58. The van der Waals surface area contributed by atoms with Gasteiger partial charge in [-0.2, -0.15) is 0 Å². The highest BCUT2D eigenvalue weighted by Crippen LogP contribution is 2.15. The molecule has 0 N–H and O–H groups in total. The smallest absolute Gasteiger partial charge is 0.419 e. The first-order chi connectivity index (χ1) is 7.08. The van der Waals surface area contributed by atoms with Crippen LogP contribution in [0.4, 0.5) is 9.59 Å². The molecule has 1 unspecified atom stereocenters. The van der Waals surface area contributed by atoms with Crippen molar-refractivity contribution in [2.75, 3.05) is 20.8 Å². The second-order valence-corrected chi connectivity index (χ2v) is 2.87. The number of hydrogen-bond donors (Lipinski definition) is 0. The Morgan fingerprint density at radius 1 is 1.47 bits per heavy atom. The molecule has 0 bridgehead atoms. The maximum atomic E-state index is 11.1. The molecule has 0 saturated carbocycles. The van der Waals surface area contributed by atoms with E-state index in [-0.39, 0.29) is 13.0 Å². The highest BCUT2D eigenvalue weighted by Gasteiger charge is 2.37. The Labute approximate surface area is 85.9 Å². The van der Waals surface area contributed by atoms with Crippen LogP contribution in [0.3, 0.4) is 0 Å². The molecule has 15 heavy (non-hydrogen) atoms. The molecule has 0 radical (unpaired) electrons. The molecule has 0 spiro atoms. The summed E-state index contributed by atoms with van der Waals surface area (Å²) < 4.78 is 13.5. The Morgan fingerprint density at radius 3 is 2.67 bits per heavy atom. The number of carbonyl (C=O) groups excluding carboxylic acids is 3. The van der Waals surface area contributed by atoms with Crippen LogP contribution in [0, 0.1) is 0 Å². The molecule has 1 atom stereocenters. The van der Waals surface area contributed by atoms with Crippen LogP contribution in [0.5, 0.6) is 0 Å². The molecule has 0 aliphatic carbocycles. The van der Waals surface area contributed by atoms with Crippen LogP contribution in [0.25, 0.3) is 0 Å². The maximum absolute atomic E-state index is 11.1. The lowest BCUT2D eigenvalue weighted by Crippen LogP contribution is -2.32. The minimum atomic E-state index is -0.809. The average molecular weight is 217 g/mol. The summed E-state index contributed by atoms with van der Waals surface area (Å²) in [6.45, 7) is 0.000602. The van der Waals surface area contributed by atoms with Crippen molar-refractivity contribution < 1.29 is 28.6 Å². The summed E-state index contributed by atoms with van der Waals surface area (Å²) in [5.74, 6) is -0.500. The van der Waals surface area contributed by atoms with Crippen molar-refractivity contribution >= 4 is 18.2 Å². The molecule has 1 rings (SSSR count). The van der Waals surface area contributed by atoms with E-state index in [9.17, 15) is 14.4 Å². The number of nitrogens with zero attached hydrogens (tertiary/aromatic N) is 1. The number of amides is 2. The molecular formula is C8H11NO6. The first-order valence-electron chi connectivity index (χ1n) is 4.21. The van der Waals surface area contributed by atoms with E-state index in [0.29, 0.717) is 0 Å². The highest BCUT2D eigenvalue weighted by molar-refractivity contribution is 5.89. The van der Waals surface area contributed by atoms with Crippen LogP contribution in [0.2, 0.25) is 0 Å². The van der Waals surface area contributed by atoms with E-state index >= 15 is 0 Å². The lowest BCUT2D eigenvalue weighted by Gasteiger charge is -2.07. The average Bonchev–Trinajstić information content (AvgIpc) is 2.58. The second kappa shape index (κ2) is 4.63. The number of rotatable bonds is 2. The molecule has 2 amide bonds. The van der Waals surface area contributed by atoms with Gasteiger partial charge in [-0.15, -0.1) is 0 Å². The summed E-state index contributed by atoms with van der Waals surface area (Å²) in [6.07, 6.45) is -2.34. The number of carbonyl (C=O) groups is 3. The SMILES string of the molecule is COC(=O)CC1CN(C(=O)OC)C(=O)O1. The van der Waals surface area contributed by atoms with E-state index in [1.807, 2.05) is 0 Å². The fourth-order valence-corrected chi connectivity index (χ4v) is 1.16. The molecule has 84 valence electrons. The number of methoxy groups -OCH3 is 2. The minimum absolute atomic E-state index is 0.000602. The van der Waals surface area contributed by atoms with Gasteiger partial charge in [-0.25, -0.2) is 14.5 Å². The Morgan fingerprint density at radius 2 is 2.13 bits per heavy atom. The zero-order valence-corrected chi connectivity index (χ0v) is 8.39. The monoisotopic (exact) mass is 217 g/mol. The van der Waals surface area contributed by atoms with Gasteiger partial charge in [0.25, 0.3) is 0 Å². The van der Waals surface area contributed by atoms with E-state index in [1.54, 1.807) is 0 Å². The number of hydrogen-bond acceptors (Lipinski definition) is 6. The van der Waals surface area contributed by atoms with Crippen LogP contribution in [0.1, 0.15) is 6.42 Å². The lowest BCUT2D eigenvalue weighted by atomic mass is 10.2. The normalized spacial score (nSPS) is 19.7. The first kappa shape index (κ1) is 11.3. The number of esters is 1. The van der Waals surface area contributed by atoms with Gasteiger partial charge >= 0.3 is 18.2 Å². The van der Waals surface area contributed by atoms with Gasteiger partial charge in [0.1, 0.15) is 6.10 Å². The third-order valence-electron chi connectivity index (χ3n) is 1.89. The molecule has 0 aromatic carbocycles. The van der Waals surface area contributed by atoms with Gasteiger partial charge in [0.2, 0.25) is 0 Å². The van der Waals surface area contributed by atoms with Gasteiger partial charge in [0.05, 0.1) is 27.2 Å². The van der Waals surface area contributed by atoms with Crippen molar-refractivity contribution in [1.82, 2.24) is 4.90 Å². The fraction of sp³-hybridized carbons (Fsp3) is 0.625. The quantitative estimate of drug-likeness (QED) is 0.483. The van der Waals surface area contributed by atoms with Crippen LogP contribution < -0.4 is 0 Å². The number of ether oxygens (including phenoxy) is 3. The molecule has 1 fully saturated rings. The summed E-state index contributed by atoms with van der Waals surface area (Å²) in [4.78, 5) is 33.8. The van der Waals surface area contributed by atoms with Crippen molar-refractivity contribution in [2.24, 2.45) is 0 Å². The van der Waals surface area contributed by atoms with Crippen LogP contribution in [-0.4, -0.2) is 49.9 Å². The van der Waals surface area contributed by atoms with E-state index < -0.39 is 24.3 Å². The molecule has 1 heterocycles. The van der Waals surface area contributed by atoms with Gasteiger partial charge in [-0.1, -0.05) is 0 Å². The van der Waals surface area contributed by atoms with Crippen LogP contribution >= 0.6 is 0 Å². The molecule has 1 saturated heterocycles. The van der Waals surface area contributed by atoms with Crippen molar-refractivity contribution in [1.29, 1.82) is 0 Å². The maximum Gasteiger partial charge on any atom is 0.419 e. The zero-order chi connectivity index (χ0) is 11.4. The second-order valence-electron chi connectivity index (χ2n) is 2.87. The highest BCUT2D eigenvalue weighted by atomic mass is 16.6. The zero-order valence-electron chi connectivity index (χ0n) is 8.39. The standard InChI is InChI=1S/C8H11NO6/c1-13-6(10)3-5-4-9(7(11)14-2)8(12)15-5/h5H,3-4H2,1-2H3. The van der Waals surface area contributed by atoms with E-state index in [0.717, 1.165) is 12.0 Å². The van der Waals surface area contributed by atoms with Crippen LogP contribution in [-0.2, 0) is 19.0 Å². The van der Waals surface area contributed by atoms with E-state index in [1.165, 1.54) is 7.11 Å². The Kier molecular flexibility index (Phi) is 3.48. The number of cyclic esters (lactones) is 1. The van der Waals surface area contributed by atoms with Gasteiger partial charge in [-0.3, -0.25) is 4.79 Å². The lowest BCUT2D eigenvalue weighted by molar-refractivity contribution is -0.142.